The van der Waals surface area contributed by atoms with Crippen molar-refractivity contribution >= 4 is 44.8 Å². The number of carbonyl (C=O) groups is 1. The van der Waals surface area contributed by atoms with Crippen molar-refractivity contribution in [1.82, 2.24) is 15.1 Å². The van der Waals surface area contributed by atoms with Crippen LogP contribution in [0.5, 0.6) is 0 Å². The number of nitrogens with one attached hydrogen (secondary N) is 1. The van der Waals surface area contributed by atoms with Gasteiger partial charge >= 0.3 is 6.18 Å². The fourth-order valence-electron chi connectivity index (χ4n) is 3.05. The lowest BCUT2D eigenvalue weighted by Crippen LogP contribution is -2.41. The number of aryl methyl sites for hydroxylation is 1. The Balaban J connectivity index is 1.80. The molecule has 11 heteroatoms. The molecule has 160 valence electrons. The lowest BCUT2D eigenvalue weighted by molar-refractivity contribution is -0.138. The number of hydrogen-bond donors (Lipinski definition) is 2. The summed E-state index contributed by atoms with van der Waals surface area (Å²) in [4.78, 5) is 13.0. The molecule has 0 saturated heterocycles. The van der Waals surface area contributed by atoms with E-state index in [2.05, 4.69) is 26.3 Å². The largest absolute Gasteiger partial charge is 0.416 e. The predicted molar refractivity (Wildman–Crippen MR) is 115 cm³/mol. The molecule has 0 aliphatic rings. The molecular formula is C19H17BrClF3N4OS. The van der Waals surface area contributed by atoms with E-state index in [4.69, 9.17) is 17.3 Å². The van der Waals surface area contributed by atoms with E-state index < -0.39 is 23.7 Å². The summed E-state index contributed by atoms with van der Waals surface area (Å²) in [6.07, 6.45) is -2.91. The van der Waals surface area contributed by atoms with Crippen molar-refractivity contribution in [2.24, 2.45) is 12.8 Å². The van der Waals surface area contributed by atoms with Crippen molar-refractivity contribution in [2.75, 3.05) is 6.54 Å². The number of nitrogens with two attached hydrogens (primary N) is 1. The highest BCUT2D eigenvalue weighted by atomic mass is 79.9. The molecule has 0 fully saturated rings. The van der Waals surface area contributed by atoms with E-state index in [1.165, 1.54) is 18.2 Å². The highest BCUT2D eigenvalue weighted by Gasteiger charge is 2.33. The van der Waals surface area contributed by atoms with Crippen molar-refractivity contribution < 1.29 is 18.0 Å². The highest BCUT2D eigenvalue weighted by molar-refractivity contribution is 9.10. The summed E-state index contributed by atoms with van der Waals surface area (Å²) < 4.78 is 42.4. The molecule has 3 aromatic rings. The molecule has 0 spiro atoms. The quantitative estimate of drug-likeness (QED) is 0.485. The third-order valence-electron chi connectivity index (χ3n) is 4.47. The van der Waals surface area contributed by atoms with Crippen LogP contribution < -0.4 is 11.1 Å². The zero-order chi connectivity index (χ0) is 22.1. The molecular weight excluding hydrogens is 505 g/mol. The molecule has 3 rings (SSSR count). The molecule has 0 aliphatic heterocycles. The van der Waals surface area contributed by atoms with Gasteiger partial charge in [-0.2, -0.15) is 18.3 Å². The minimum absolute atomic E-state index is 0.0167. The van der Waals surface area contributed by atoms with Gasteiger partial charge in [-0.3, -0.25) is 9.48 Å². The van der Waals surface area contributed by atoms with Crippen LogP contribution in [0.2, 0.25) is 4.34 Å². The van der Waals surface area contributed by atoms with E-state index in [-0.39, 0.29) is 18.5 Å². The zero-order valence-electron chi connectivity index (χ0n) is 15.6. The van der Waals surface area contributed by atoms with Crippen LogP contribution in [0, 0.1) is 0 Å². The van der Waals surface area contributed by atoms with Crippen LogP contribution in [-0.2, 0) is 19.6 Å². The Kier molecular flexibility index (Phi) is 6.91. The Morgan fingerprint density at radius 2 is 2.10 bits per heavy atom. The normalized spacial score (nSPS) is 12.8. The second-order valence-corrected chi connectivity index (χ2v) is 9.04. The summed E-state index contributed by atoms with van der Waals surface area (Å²) >= 11 is 10.8. The fourth-order valence-corrected chi connectivity index (χ4v) is 4.79. The van der Waals surface area contributed by atoms with Gasteiger partial charge in [-0.25, -0.2) is 0 Å². The number of carbonyl (C=O) groups excluding carboxylic acids is 1. The smallest absolute Gasteiger partial charge is 0.347 e. The summed E-state index contributed by atoms with van der Waals surface area (Å²) in [5, 5.41) is 6.84. The number of hydrogen-bond acceptors (Lipinski definition) is 4. The number of halogens is 5. The monoisotopic (exact) mass is 520 g/mol. The molecule has 0 radical (unpaired) electrons. The topological polar surface area (TPSA) is 72.9 Å². The third-order valence-corrected chi connectivity index (χ3v) is 6.41. The molecule has 1 aromatic carbocycles. The first kappa shape index (κ1) is 22.8. The van der Waals surface area contributed by atoms with E-state index in [1.807, 2.05) is 0 Å². The second-order valence-electron chi connectivity index (χ2n) is 6.53. The number of nitrogens with zero attached hydrogens (tertiary/aromatic N) is 2. The van der Waals surface area contributed by atoms with Crippen LogP contribution in [0.3, 0.4) is 0 Å². The van der Waals surface area contributed by atoms with E-state index in [1.54, 1.807) is 24.0 Å². The Morgan fingerprint density at radius 3 is 2.70 bits per heavy atom. The highest BCUT2D eigenvalue weighted by Crippen LogP contribution is 2.39. The van der Waals surface area contributed by atoms with Gasteiger partial charge in [0.1, 0.15) is 4.34 Å². The number of aromatic nitrogens is 2. The van der Waals surface area contributed by atoms with E-state index >= 15 is 0 Å². The van der Waals surface area contributed by atoms with Gasteiger partial charge in [0.2, 0.25) is 0 Å². The lowest BCUT2D eigenvalue weighted by atomic mass is 9.99. The van der Waals surface area contributed by atoms with Gasteiger partial charge in [-0.05, 0) is 40.0 Å². The van der Waals surface area contributed by atoms with Gasteiger partial charge in [-0.1, -0.05) is 29.8 Å². The maximum Gasteiger partial charge on any atom is 0.416 e. The number of rotatable bonds is 6. The summed E-state index contributed by atoms with van der Waals surface area (Å²) in [5.74, 6) is -0.452. The minimum atomic E-state index is -4.48. The maximum atomic E-state index is 13.2. The molecule has 0 unspecified atom stereocenters. The molecule has 1 atom stereocenters. The van der Waals surface area contributed by atoms with E-state index in [0.29, 0.717) is 20.5 Å². The van der Waals surface area contributed by atoms with E-state index in [0.717, 1.165) is 21.9 Å². The average Bonchev–Trinajstić information content (AvgIpc) is 3.22. The first-order valence-electron chi connectivity index (χ1n) is 8.75. The standard InChI is InChI=1S/C19H17BrClF3N4OS/c1-28-16(14(20)9-26-28)12-7-15(30-17(12)21)18(29)27-11(8-25)6-10-4-2-3-5-13(10)19(22,23)24/h2-5,7,9,11H,6,8,25H2,1H3,(H,27,29)/t11-/m0/s1. The van der Waals surface area contributed by atoms with Crippen molar-refractivity contribution in [3.8, 4) is 11.3 Å². The molecule has 3 N–H and O–H groups in total. The Bertz CT molecular complexity index is 1050. The molecule has 2 aromatic heterocycles. The summed E-state index contributed by atoms with van der Waals surface area (Å²) in [6, 6.07) is 6.21. The second kappa shape index (κ2) is 9.09. The molecule has 2 heterocycles. The van der Waals surface area contributed by atoms with Crippen molar-refractivity contribution in [3.05, 3.63) is 61.3 Å². The van der Waals surface area contributed by atoms with Crippen LogP contribution in [0.15, 0.2) is 41.0 Å². The van der Waals surface area contributed by atoms with Gasteiger partial charge in [0.05, 0.1) is 26.8 Å². The fraction of sp³-hybridized carbons (Fsp3) is 0.263. The zero-order valence-corrected chi connectivity index (χ0v) is 18.8. The molecule has 0 bridgehead atoms. The Labute approximate surface area is 188 Å². The SMILES string of the molecule is Cn1ncc(Br)c1-c1cc(C(=O)N[C@H](CN)Cc2ccccc2C(F)(F)F)sc1Cl. The van der Waals surface area contributed by atoms with E-state index in [9.17, 15) is 18.0 Å². The van der Waals surface area contributed by atoms with Crippen LogP contribution in [0.25, 0.3) is 11.3 Å². The average molecular weight is 522 g/mol. The van der Waals surface area contributed by atoms with Crippen molar-refractivity contribution in [3.63, 3.8) is 0 Å². The molecule has 1 amide bonds. The Hall–Kier alpha value is -1.88. The third kappa shape index (κ3) is 4.88. The number of benzene rings is 1. The maximum absolute atomic E-state index is 13.2. The molecule has 0 aliphatic carbocycles. The van der Waals surface area contributed by atoms with Gasteiger partial charge in [0, 0.05) is 25.2 Å². The number of thiophene rings is 1. The lowest BCUT2D eigenvalue weighted by Gasteiger charge is -2.19. The number of alkyl halides is 3. The first-order chi connectivity index (χ1) is 14.1. The Morgan fingerprint density at radius 1 is 1.40 bits per heavy atom. The van der Waals surface area contributed by atoms with Crippen LogP contribution >= 0.6 is 38.9 Å². The molecule has 0 saturated carbocycles. The van der Waals surface area contributed by atoms with Crippen LogP contribution in [-0.4, -0.2) is 28.3 Å². The van der Waals surface area contributed by atoms with Crippen LogP contribution in [0.1, 0.15) is 20.8 Å². The first-order valence-corrected chi connectivity index (χ1v) is 10.7. The van der Waals surface area contributed by atoms with Gasteiger partial charge in [0.15, 0.2) is 0 Å². The summed E-state index contributed by atoms with van der Waals surface area (Å²) in [7, 11) is 1.75. The van der Waals surface area contributed by atoms with Crippen molar-refractivity contribution in [2.45, 2.75) is 18.6 Å². The van der Waals surface area contributed by atoms with Gasteiger partial charge in [-0.15, -0.1) is 11.3 Å². The summed E-state index contributed by atoms with van der Waals surface area (Å²) in [5.41, 5.74) is 6.40. The number of amides is 1. The summed E-state index contributed by atoms with van der Waals surface area (Å²) in [6.45, 7) is -0.0167. The molecule has 30 heavy (non-hydrogen) atoms. The molecule has 5 nitrogen and oxygen atoms in total. The predicted octanol–water partition coefficient (Wildman–Crippen LogP) is 4.88. The van der Waals surface area contributed by atoms with Crippen molar-refractivity contribution in [1.29, 1.82) is 0 Å². The van der Waals surface area contributed by atoms with Crippen LogP contribution in [0.4, 0.5) is 13.2 Å². The minimum Gasteiger partial charge on any atom is -0.347 e. The van der Waals surface area contributed by atoms with Gasteiger partial charge < -0.3 is 11.1 Å². The van der Waals surface area contributed by atoms with Gasteiger partial charge in [0.25, 0.3) is 5.91 Å².